The van der Waals surface area contributed by atoms with Crippen molar-refractivity contribution in [2.75, 3.05) is 25.1 Å². The zero-order valence-electron chi connectivity index (χ0n) is 13.0. The Hall–Kier alpha value is -2.01. The van der Waals surface area contributed by atoms with Crippen LogP contribution in [0.5, 0.6) is 0 Å². The van der Waals surface area contributed by atoms with E-state index in [1.807, 2.05) is 31.4 Å². The number of aromatic nitrogens is 3. The van der Waals surface area contributed by atoms with E-state index < -0.39 is 0 Å². The third-order valence-electron chi connectivity index (χ3n) is 3.99. The second-order valence-electron chi connectivity index (χ2n) is 5.68. The minimum atomic E-state index is 0.455. The first kappa shape index (κ1) is 14.9. The molecule has 1 aliphatic rings. The van der Waals surface area contributed by atoms with Crippen molar-refractivity contribution in [3.05, 3.63) is 36.8 Å². The Morgan fingerprint density at radius 3 is 3.05 bits per heavy atom. The summed E-state index contributed by atoms with van der Waals surface area (Å²) in [5, 5.41) is 0. The Morgan fingerprint density at radius 2 is 2.27 bits per heavy atom. The summed E-state index contributed by atoms with van der Waals surface area (Å²) >= 11 is 0. The van der Waals surface area contributed by atoms with Gasteiger partial charge in [-0.15, -0.1) is 0 Å². The highest BCUT2D eigenvalue weighted by Gasteiger charge is 2.15. The van der Waals surface area contributed by atoms with Gasteiger partial charge in [-0.2, -0.15) is 0 Å². The van der Waals surface area contributed by atoms with Crippen molar-refractivity contribution in [2.24, 2.45) is 0 Å². The van der Waals surface area contributed by atoms with E-state index in [0.717, 1.165) is 43.2 Å². The average Bonchev–Trinajstić information content (AvgIpc) is 3.09. The lowest BCUT2D eigenvalue weighted by Gasteiger charge is -2.18. The van der Waals surface area contributed by atoms with Crippen molar-refractivity contribution >= 4 is 5.95 Å². The van der Waals surface area contributed by atoms with E-state index >= 15 is 0 Å². The second-order valence-corrected chi connectivity index (χ2v) is 5.68. The van der Waals surface area contributed by atoms with Gasteiger partial charge in [-0.3, -0.25) is 4.98 Å². The summed E-state index contributed by atoms with van der Waals surface area (Å²) in [6, 6.07) is 5.85. The molecule has 2 aromatic rings. The van der Waals surface area contributed by atoms with Gasteiger partial charge in [0.25, 0.3) is 0 Å². The smallest absolute Gasteiger partial charge is 0.225 e. The van der Waals surface area contributed by atoms with Gasteiger partial charge in [0.1, 0.15) is 0 Å². The zero-order chi connectivity index (χ0) is 15.2. The maximum Gasteiger partial charge on any atom is 0.225 e. The molecule has 0 aromatic carbocycles. The predicted molar refractivity (Wildman–Crippen MR) is 86.7 cm³/mol. The molecule has 2 aromatic heterocycles. The number of ether oxygens (including phenoxy) is 1. The predicted octanol–water partition coefficient (Wildman–Crippen LogP) is 2.93. The van der Waals surface area contributed by atoms with Gasteiger partial charge in [0, 0.05) is 44.4 Å². The van der Waals surface area contributed by atoms with Crippen LogP contribution < -0.4 is 4.90 Å². The monoisotopic (exact) mass is 298 g/mol. The number of hydrogen-bond acceptors (Lipinski definition) is 5. The van der Waals surface area contributed by atoms with E-state index in [1.165, 1.54) is 12.8 Å². The highest BCUT2D eigenvalue weighted by molar-refractivity contribution is 5.58. The van der Waals surface area contributed by atoms with Crippen molar-refractivity contribution in [2.45, 2.75) is 31.8 Å². The van der Waals surface area contributed by atoms with Crippen LogP contribution in [0.3, 0.4) is 0 Å². The molecule has 1 atom stereocenters. The van der Waals surface area contributed by atoms with Crippen LogP contribution in [0, 0.1) is 0 Å². The standard InChI is InChI=1S/C17H22N4O/c1-21(11-3-6-15-7-4-12-22-15)17-19-10-8-16(20-17)14-5-2-9-18-13-14/h2,5,8-10,13,15H,3-4,6-7,11-12H2,1H3. The van der Waals surface area contributed by atoms with Crippen molar-refractivity contribution < 1.29 is 4.74 Å². The first-order valence-electron chi connectivity index (χ1n) is 7.89. The van der Waals surface area contributed by atoms with E-state index in [-0.39, 0.29) is 0 Å². The van der Waals surface area contributed by atoms with Crippen LogP contribution in [0.2, 0.25) is 0 Å². The van der Waals surface area contributed by atoms with Gasteiger partial charge in [0.15, 0.2) is 0 Å². The van der Waals surface area contributed by atoms with Gasteiger partial charge in [0.05, 0.1) is 11.8 Å². The van der Waals surface area contributed by atoms with Crippen LogP contribution in [0.25, 0.3) is 11.3 Å². The van der Waals surface area contributed by atoms with Crippen molar-refractivity contribution in [3.63, 3.8) is 0 Å². The van der Waals surface area contributed by atoms with Crippen LogP contribution in [0.1, 0.15) is 25.7 Å². The molecule has 0 bridgehead atoms. The maximum atomic E-state index is 5.66. The Bertz CT molecular complexity index is 584. The summed E-state index contributed by atoms with van der Waals surface area (Å²) in [6.45, 7) is 1.87. The summed E-state index contributed by atoms with van der Waals surface area (Å²) in [4.78, 5) is 15.3. The summed E-state index contributed by atoms with van der Waals surface area (Å²) in [5.41, 5.74) is 1.92. The fourth-order valence-corrected chi connectivity index (χ4v) is 2.74. The molecule has 0 amide bonds. The van der Waals surface area contributed by atoms with Gasteiger partial charge in [0.2, 0.25) is 5.95 Å². The van der Waals surface area contributed by atoms with Crippen LogP contribution >= 0.6 is 0 Å². The molecule has 0 aliphatic carbocycles. The molecule has 3 heterocycles. The summed E-state index contributed by atoms with van der Waals surface area (Å²) < 4.78 is 5.66. The Kier molecular flexibility index (Phi) is 4.96. The number of pyridine rings is 1. The van der Waals surface area contributed by atoms with Gasteiger partial charge in [-0.25, -0.2) is 9.97 Å². The molecule has 0 spiro atoms. The molecule has 5 heteroatoms. The van der Waals surface area contributed by atoms with Crippen LogP contribution in [-0.4, -0.2) is 41.3 Å². The largest absolute Gasteiger partial charge is 0.378 e. The van der Waals surface area contributed by atoms with Gasteiger partial charge in [-0.1, -0.05) is 0 Å². The molecule has 0 radical (unpaired) electrons. The van der Waals surface area contributed by atoms with Crippen LogP contribution in [-0.2, 0) is 4.74 Å². The molecule has 1 saturated heterocycles. The Labute approximate surface area is 131 Å². The van der Waals surface area contributed by atoms with Crippen molar-refractivity contribution in [1.29, 1.82) is 0 Å². The average molecular weight is 298 g/mol. The van der Waals surface area contributed by atoms with Crippen molar-refractivity contribution in [1.82, 2.24) is 15.0 Å². The van der Waals surface area contributed by atoms with Gasteiger partial charge in [-0.05, 0) is 43.9 Å². The Morgan fingerprint density at radius 1 is 1.32 bits per heavy atom. The lowest BCUT2D eigenvalue weighted by molar-refractivity contribution is 0.103. The lowest BCUT2D eigenvalue weighted by Crippen LogP contribution is -2.22. The zero-order valence-corrected chi connectivity index (χ0v) is 13.0. The number of rotatable bonds is 6. The molecular formula is C17H22N4O. The topological polar surface area (TPSA) is 51.1 Å². The summed E-state index contributed by atoms with van der Waals surface area (Å²) in [5.74, 6) is 0.758. The van der Waals surface area contributed by atoms with E-state index in [2.05, 4.69) is 19.9 Å². The lowest BCUT2D eigenvalue weighted by atomic mass is 10.1. The Balaban J connectivity index is 1.59. The minimum Gasteiger partial charge on any atom is -0.378 e. The molecule has 5 nitrogen and oxygen atoms in total. The first-order valence-corrected chi connectivity index (χ1v) is 7.89. The summed E-state index contributed by atoms with van der Waals surface area (Å²) in [6.07, 6.45) is 10.5. The molecule has 1 unspecified atom stereocenters. The molecule has 3 rings (SSSR count). The van der Waals surface area contributed by atoms with Gasteiger partial charge >= 0.3 is 0 Å². The third-order valence-corrected chi connectivity index (χ3v) is 3.99. The molecule has 116 valence electrons. The van der Waals surface area contributed by atoms with E-state index in [1.54, 1.807) is 12.4 Å². The highest BCUT2D eigenvalue weighted by atomic mass is 16.5. The second kappa shape index (κ2) is 7.31. The SMILES string of the molecule is CN(CCCC1CCCO1)c1nccc(-c2cccnc2)n1. The minimum absolute atomic E-state index is 0.455. The molecule has 0 saturated carbocycles. The number of anilines is 1. The fourth-order valence-electron chi connectivity index (χ4n) is 2.74. The number of nitrogens with zero attached hydrogens (tertiary/aromatic N) is 4. The normalized spacial score (nSPS) is 17.6. The quantitative estimate of drug-likeness (QED) is 0.820. The van der Waals surface area contributed by atoms with Crippen LogP contribution in [0.4, 0.5) is 5.95 Å². The fraction of sp³-hybridized carbons (Fsp3) is 0.471. The molecule has 22 heavy (non-hydrogen) atoms. The van der Waals surface area contributed by atoms with E-state index in [4.69, 9.17) is 4.74 Å². The molecule has 1 aliphatic heterocycles. The molecule has 1 fully saturated rings. The molecule has 0 N–H and O–H groups in total. The van der Waals surface area contributed by atoms with E-state index in [9.17, 15) is 0 Å². The van der Waals surface area contributed by atoms with Crippen molar-refractivity contribution in [3.8, 4) is 11.3 Å². The maximum absolute atomic E-state index is 5.66. The summed E-state index contributed by atoms with van der Waals surface area (Å²) in [7, 11) is 2.04. The first-order chi connectivity index (χ1) is 10.8. The third kappa shape index (κ3) is 3.80. The highest BCUT2D eigenvalue weighted by Crippen LogP contribution is 2.19. The van der Waals surface area contributed by atoms with Crippen LogP contribution in [0.15, 0.2) is 36.8 Å². The molecular weight excluding hydrogens is 276 g/mol. The van der Waals surface area contributed by atoms with Gasteiger partial charge < -0.3 is 9.64 Å². The number of hydrogen-bond donors (Lipinski definition) is 0. The van der Waals surface area contributed by atoms with E-state index in [0.29, 0.717) is 6.10 Å².